The van der Waals surface area contributed by atoms with Crippen LogP contribution in [-0.2, 0) is 23.1 Å². The Bertz CT molecular complexity index is 920. The summed E-state index contributed by atoms with van der Waals surface area (Å²) >= 11 is 1.56. The molecule has 3 rings (SSSR count). The maximum atomic E-state index is 13.2. The fraction of sp³-hybridized carbons (Fsp3) is 0.250. The van der Waals surface area contributed by atoms with Crippen LogP contribution in [0.15, 0.2) is 70.4 Å². The fourth-order valence-electron chi connectivity index (χ4n) is 2.66. The molecular formula is C20H22N2O2S2. The molecule has 0 unspecified atom stereocenters. The second-order valence-corrected chi connectivity index (χ2v) is 9.17. The van der Waals surface area contributed by atoms with Gasteiger partial charge < -0.3 is 0 Å². The van der Waals surface area contributed by atoms with Gasteiger partial charge in [-0.1, -0.05) is 32.0 Å². The van der Waals surface area contributed by atoms with Gasteiger partial charge >= 0.3 is 0 Å². The Hall–Kier alpha value is -2.02. The molecule has 4 nitrogen and oxygen atoms in total. The van der Waals surface area contributed by atoms with Gasteiger partial charge in [0.05, 0.1) is 17.1 Å². The van der Waals surface area contributed by atoms with Crippen LogP contribution in [0.5, 0.6) is 0 Å². The summed E-state index contributed by atoms with van der Waals surface area (Å²) in [4.78, 5) is 4.60. The number of thiophene rings is 1. The molecule has 0 saturated heterocycles. The zero-order valence-corrected chi connectivity index (χ0v) is 16.5. The number of pyridine rings is 1. The summed E-state index contributed by atoms with van der Waals surface area (Å²) in [6, 6.07) is 14.7. The van der Waals surface area contributed by atoms with Crippen molar-refractivity contribution in [1.82, 2.24) is 9.29 Å². The molecule has 26 heavy (non-hydrogen) atoms. The predicted molar refractivity (Wildman–Crippen MR) is 106 cm³/mol. The number of sulfonamides is 1. The first-order chi connectivity index (χ1) is 12.5. The lowest BCUT2D eigenvalue weighted by molar-refractivity contribution is 0.397. The standard InChI is InChI=1S/C20H22N2O2S2/c1-16(2)18-6-8-20(9-7-18)26(23,24)22(13-17-10-12-25-15-17)14-19-5-3-4-11-21-19/h3-12,15-16H,13-14H2,1-2H3. The van der Waals surface area contributed by atoms with Gasteiger partial charge in [-0.05, 0) is 58.1 Å². The van der Waals surface area contributed by atoms with Crippen LogP contribution in [0, 0.1) is 0 Å². The Kier molecular flexibility index (Phi) is 5.86. The SMILES string of the molecule is CC(C)c1ccc(S(=O)(=O)N(Cc2ccsc2)Cc2ccccn2)cc1. The maximum absolute atomic E-state index is 13.2. The van der Waals surface area contributed by atoms with Crippen LogP contribution in [0.4, 0.5) is 0 Å². The summed E-state index contributed by atoms with van der Waals surface area (Å²) < 4.78 is 28.0. The highest BCUT2D eigenvalue weighted by Crippen LogP contribution is 2.23. The summed E-state index contributed by atoms with van der Waals surface area (Å²) in [5, 5.41) is 3.93. The van der Waals surface area contributed by atoms with E-state index in [1.807, 2.05) is 47.2 Å². The van der Waals surface area contributed by atoms with E-state index in [1.165, 1.54) is 4.31 Å². The van der Waals surface area contributed by atoms with Gasteiger partial charge in [0.25, 0.3) is 0 Å². The van der Waals surface area contributed by atoms with Gasteiger partial charge in [-0.15, -0.1) is 0 Å². The van der Waals surface area contributed by atoms with Crippen LogP contribution in [-0.4, -0.2) is 17.7 Å². The van der Waals surface area contributed by atoms with E-state index in [2.05, 4.69) is 18.8 Å². The lowest BCUT2D eigenvalue weighted by Gasteiger charge is -2.22. The second kappa shape index (κ2) is 8.12. The van der Waals surface area contributed by atoms with Gasteiger partial charge in [0.15, 0.2) is 0 Å². The summed E-state index contributed by atoms with van der Waals surface area (Å²) in [6.45, 7) is 4.75. The smallest absolute Gasteiger partial charge is 0.243 e. The van der Waals surface area contributed by atoms with E-state index >= 15 is 0 Å². The molecule has 1 aromatic carbocycles. The molecule has 0 aliphatic rings. The molecule has 0 aliphatic heterocycles. The maximum Gasteiger partial charge on any atom is 0.243 e. The van der Waals surface area contributed by atoms with Crippen LogP contribution in [0.2, 0.25) is 0 Å². The van der Waals surface area contributed by atoms with Crippen molar-refractivity contribution in [2.75, 3.05) is 0 Å². The minimum Gasteiger partial charge on any atom is -0.260 e. The van der Waals surface area contributed by atoms with E-state index in [-0.39, 0.29) is 6.54 Å². The lowest BCUT2D eigenvalue weighted by Crippen LogP contribution is -2.30. The van der Waals surface area contributed by atoms with Gasteiger partial charge in [0, 0.05) is 12.7 Å². The van der Waals surface area contributed by atoms with E-state index < -0.39 is 10.0 Å². The van der Waals surface area contributed by atoms with E-state index in [4.69, 9.17) is 0 Å². The third-order valence-electron chi connectivity index (χ3n) is 4.19. The van der Waals surface area contributed by atoms with Crippen LogP contribution in [0.3, 0.4) is 0 Å². The average molecular weight is 387 g/mol. The first-order valence-electron chi connectivity index (χ1n) is 8.48. The van der Waals surface area contributed by atoms with Crippen LogP contribution in [0.25, 0.3) is 0 Å². The van der Waals surface area contributed by atoms with Gasteiger partial charge in [-0.2, -0.15) is 15.6 Å². The molecule has 0 N–H and O–H groups in total. The predicted octanol–water partition coefficient (Wildman–Crippen LogP) is 4.66. The second-order valence-electron chi connectivity index (χ2n) is 6.45. The molecule has 0 atom stereocenters. The fourth-order valence-corrected chi connectivity index (χ4v) is 4.72. The van der Waals surface area contributed by atoms with Crippen LogP contribution < -0.4 is 0 Å². The first-order valence-corrected chi connectivity index (χ1v) is 10.9. The summed E-state index contributed by atoms with van der Waals surface area (Å²) in [5.41, 5.74) is 2.83. The number of hydrogen-bond acceptors (Lipinski definition) is 4. The van der Waals surface area contributed by atoms with Crippen LogP contribution in [0.1, 0.15) is 36.6 Å². The Balaban J connectivity index is 1.93. The summed E-state index contributed by atoms with van der Waals surface area (Å²) in [5.74, 6) is 0.363. The molecule has 2 aromatic heterocycles. The summed E-state index contributed by atoms with van der Waals surface area (Å²) in [7, 11) is -3.62. The van der Waals surface area contributed by atoms with Crippen LogP contribution >= 0.6 is 11.3 Å². The molecule has 0 saturated carbocycles. The zero-order valence-electron chi connectivity index (χ0n) is 14.9. The van der Waals surface area contributed by atoms with E-state index in [0.29, 0.717) is 17.4 Å². The number of nitrogens with zero attached hydrogens (tertiary/aromatic N) is 2. The highest BCUT2D eigenvalue weighted by Gasteiger charge is 2.25. The molecule has 0 spiro atoms. The summed E-state index contributed by atoms with van der Waals surface area (Å²) in [6.07, 6.45) is 1.68. The molecule has 0 aliphatic carbocycles. The highest BCUT2D eigenvalue weighted by atomic mass is 32.2. The number of hydrogen-bond donors (Lipinski definition) is 0. The number of benzene rings is 1. The Morgan fingerprint density at radius 1 is 1.04 bits per heavy atom. The molecule has 3 aromatic rings. The monoisotopic (exact) mass is 386 g/mol. The largest absolute Gasteiger partial charge is 0.260 e. The molecule has 0 fully saturated rings. The number of rotatable bonds is 7. The highest BCUT2D eigenvalue weighted by molar-refractivity contribution is 7.89. The molecule has 136 valence electrons. The minimum absolute atomic E-state index is 0.241. The van der Waals surface area contributed by atoms with Crippen molar-refractivity contribution in [2.24, 2.45) is 0 Å². The molecule has 2 heterocycles. The zero-order chi connectivity index (χ0) is 18.6. The molecule has 0 bridgehead atoms. The van der Waals surface area contributed by atoms with E-state index in [0.717, 1.165) is 16.8 Å². The first kappa shape index (κ1) is 18.8. The van der Waals surface area contributed by atoms with Crippen molar-refractivity contribution in [3.8, 4) is 0 Å². The van der Waals surface area contributed by atoms with E-state index in [1.54, 1.807) is 29.7 Å². The van der Waals surface area contributed by atoms with Crippen molar-refractivity contribution in [3.63, 3.8) is 0 Å². The number of aromatic nitrogens is 1. The third kappa shape index (κ3) is 4.38. The molecule has 0 amide bonds. The van der Waals surface area contributed by atoms with Gasteiger partial charge in [-0.3, -0.25) is 4.98 Å². The Morgan fingerprint density at radius 2 is 1.81 bits per heavy atom. The van der Waals surface area contributed by atoms with Crippen molar-refractivity contribution in [3.05, 3.63) is 82.3 Å². The molecule has 6 heteroatoms. The van der Waals surface area contributed by atoms with Crippen molar-refractivity contribution >= 4 is 21.4 Å². The Morgan fingerprint density at radius 3 is 2.38 bits per heavy atom. The minimum atomic E-state index is -3.62. The molecular weight excluding hydrogens is 364 g/mol. The van der Waals surface area contributed by atoms with Crippen molar-refractivity contribution < 1.29 is 8.42 Å². The van der Waals surface area contributed by atoms with Gasteiger partial charge in [-0.25, -0.2) is 8.42 Å². The Labute approximate surface area is 159 Å². The van der Waals surface area contributed by atoms with Crippen molar-refractivity contribution in [1.29, 1.82) is 0 Å². The molecule has 0 radical (unpaired) electrons. The quantitative estimate of drug-likeness (QED) is 0.593. The van der Waals surface area contributed by atoms with E-state index in [9.17, 15) is 8.42 Å². The normalized spacial score (nSPS) is 12.0. The lowest BCUT2D eigenvalue weighted by atomic mass is 10.0. The average Bonchev–Trinajstić information content (AvgIpc) is 3.15. The topological polar surface area (TPSA) is 50.3 Å². The van der Waals surface area contributed by atoms with Gasteiger partial charge in [0.1, 0.15) is 0 Å². The van der Waals surface area contributed by atoms with Crippen molar-refractivity contribution in [2.45, 2.75) is 37.8 Å². The van der Waals surface area contributed by atoms with Gasteiger partial charge in [0.2, 0.25) is 10.0 Å². The third-order valence-corrected chi connectivity index (χ3v) is 6.73.